The summed E-state index contributed by atoms with van der Waals surface area (Å²) in [5.41, 5.74) is 2.42. The number of ether oxygens (including phenoxy) is 2. The van der Waals surface area contributed by atoms with Crippen molar-refractivity contribution in [2.24, 2.45) is 46.3 Å². The van der Waals surface area contributed by atoms with Gasteiger partial charge in [0, 0.05) is 19.6 Å². The van der Waals surface area contributed by atoms with Crippen molar-refractivity contribution in [1.82, 2.24) is 5.32 Å². The quantitative estimate of drug-likeness (QED) is 0.234. The lowest BCUT2D eigenvalue weighted by Gasteiger charge is -2.55. The summed E-state index contributed by atoms with van der Waals surface area (Å²) in [5, 5.41) is 2.86. The number of fused-ring (bicyclic) bond motifs is 5. The molecule has 0 heterocycles. The zero-order valence-corrected chi connectivity index (χ0v) is 25.0. The van der Waals surface area contributed by atoms with Crippen molar-refractivity contribution < 1.29 is 14.3 Å². The van der Waals surface area contributed by atoms with E-state index < -0.39 is 0 Å². The minimum absolute atomic E-state index is 0.0133. The van der Waals surface area contributed by atoms with Crippen LogP contribution in [0, 0.1) is 46.3 Å². The maximum Gasteiger partial charge on any atom is 0.407 e. The number of hydrogen-bond acceptors (Lipinski definition) is 3. The molecule has 4 nitrogen and oxygen atoms in total. The summed E-state index contributed by atoms with van der Waals surface area (Å²) in [5.74, 6) is 5.18. The highest BCUT2D eigenvalue weighted by atomic mass is 16.6. The molecule has 1 unspecified atom stereocenters. The van der Waals surface area contributed by atoms with E-state index in [2.05, 4.69) is 46.0 Å². The fourth-order valence-corrected chi connectivity index (χ4v) is 9.56. The van der Waals surface area contributed by atoms with Gasteiger partial charge in [-0.3, -0.25) is 0 Å². The van der Waals surface area contributed by atoms with E-state index in [9.17, 15) is 4.79 Å². The van der Waals surface area contributed by atoms with Crippen LogP contribution in [0.4, 0.5) is 4.79 Å². The maximum absolute atomic E-state index is 12.3. The van der Waals surface area contributed by atoms with E-state index in [4.69, 9.17) is 9.47 Å². The van der Waals surface area contributed by atoms with Gasteiger partial charge in [0.1, 0.15) is 6.10 Å². The van der Waals surface area contributed by atoms with Gasteiger partial charge in [-0.2, -0.15) is 0 Å². The van der Waals surface area contributed by atoms with Gasteiger partial charge in [-0.15, -0.1) is 0 Å². The zero-order chi connectivity index (χ0) is 26.6. The van der Waals surface area contributed by atoms with Gasteiger partial charge in [0.05, 0.1) is 6.61 Å². The maximum atomic E-state index is 12.3. The number of carbonyl (C=O) groups excluding carboxylic acids is 1. The van der Waals surface area contributed by atoms with Crippen LogP contribution in [0.3, 0.4) is 0 Å². The number of carbonyl (C=O) groups is 1. The Hall–Kier alpha value is -1.03. The number of amides is 1. The zero-order valence-electron chi connectivity index (χ0n) is 25.0. The van der Waals surface area contributed by atoms with Crippen LogP contribution < -0.4 is 5.32 Å². The first kappa shape index (κ1) is 29.0. The van der Waals surface area contributed by atoms with E-state index in [1.807, 2.05) is 6.92 Å². The number of nitrogens with one attached hydrogen (secondary N) is 1. The Labute approximate surface area is 228 Å². The molecule has 0 aromatic rings. The van der Waals surface area contributed by atoms with Gasteiger partial charge in [0.15, 0.2) is 0 Å². The molecule has 8 atom stereocenters. The summed E-state index contributed by atoms with van der Waals surface area (Å²) in [6, 6.07) is 0. The summed E-state index contributed by atoms with van der Waals surface area (Å²) < 4.78 is 11.2. The van der Waals surface area contributed by atoms with Gasteiger partial charge >= 0.3 is 6.09 Å². The highest BCUT2D eigenvalue weighted by Crippen LogP contribution is 2.66. The first-order chi connectivity index (χ1) is 17.7. The van der Waals surface area contributed by atoms with Gasteiger partial charge in [0.25, 0.3) is 0 Å². The molecule has 212 valence electrons. The van der Waals surface area contributed by atoms with E-state index in [0.717, 1.165) is 54.8 Å². The highest BCUT2D eigenvalue weighted by molar-refractivity contribution is 5.67. The average Bonchev–Trinajstić information content (AvgIpc) is 3.13. The van der Waals surface area contributed by atoms with Crippen molar-refractivity contribution in [3.63, 3.8) is 0 Å². The lowest BCUT2D eigenvalue weighted by Crippen LogP contribution is -2.49. The van der Waals surface area contributed by atoms with Crippen LogP contribution in [0.1, 0.15) is 119 Å². The topological polar surface area (TPSA) is 47.6 Å². The molecular formula is C33H57NO3. The normalized spacial score (nSPS) is 38.1. The molecule has 1 N–H and O–H groups in total. The molecular weight excluding hydrogens is 458 g/mol. The van der Waals surface area contributed by atoms with Gasteiger partial charge in [0.2, 0.25) is 0 Å². The monoisotopic (exact) mass is 515 g/mol. The molecule has 0 aromatic carbocycles. The van der Waals surface area contributed by atoms with Crippen molar-refractivity contribution in [2.45, 2.75) is 125 Å². The van der Waals surface area contributed by atoms with Crippen LogP contribution in [-0.4, -0.2) is 32.0 Å². The molecule has 3 saturated carbocycles. The molecule has 0 aromatic heterocycles. The van der Waals surface area contributed by atoms with Gasteiger partial charge in [-0.25, -0.2) is 4.79 Å². The summed E-state index contributed by atoms with van der Waals surface area (Å²) in [4.78, 5) is 12.3. The molecule has 3 fully saturated rings. The molecule has 37 heavy (non-hydrogen) atoms. The Morgan fingerprint density at radius 2 is 1.86 bits per heavy atom. The number of rotatable bonds is 10. The lowest BCUT2D eigenvalue weighted by molar-refractivity contribution is -0.0514. The lowest BCUT2D eigenvalue weighted by atomic mass is 9.49. The minimum Gasteiger partial charge on any atom is -0.446 e. The summed E-state index contributed by atoms with van der Waals surface area (Å²) >= 11 is 0. The highest BCUT2D eigenvalue weighted by Gasteiger charge is 2.58. The number of allylic oxidation sites excluding steroid dienone is 1. The predicted molar refractivity (Wildman–Crippen MR) is 152 cm³/mol. The van der Waals surface area contributed by atoms with E-state index in [0.29, 0.717) is 25.2 Å². The second-order valence-electron chi connectivity index (χ2n) is 14.0. The van der Waals surface area contributed by atoms with Crippen molar-refractivity contribution in [3.8, 4) is 0 Å². The first-order valence-electron chi connectivity index (χ1n) is 15.9. The summed E-state index contributed by atoms with van der Waals surface area (Å²) in [6.07, 6.45) is 17.9. The van der Waals surface area contributed by atoms with Gasteiger partial charge in [-0.1, -0.05) is 65.5 Å². The Morgan fingerprint density at radius 3 is 2.62 bits per heavy atom. The molecule has 0 radical (unpaired) electrons. The van der Waals surface area contributed by atoms with Crippen LogP contribution in [0.15, 0.2) is 11.6 Å². The minimum atomic E-state index is -0.284. The molecule has 4 heteroatoms. The average molecular weight is 516 g/mol. The smallest absolute Gasteiger partial charge is 0.407 e. The Kier molecular flexibility index (Phi) is 9.73. The second kappa shape index (κ2) is 12.4. The predicted octanol–water partition coefficient (Wildman–Crippen LogP) is 8.55. The van der Waals surface area contributed by atoms with E-state index >= 15 is 0 Å². The second-order valence-corrected chi connectivity index (χ2v) is 14.0. The van der Waals surface area contributed by atoms with Crippen molar-refractivity contribution in [2.75, 3.05) is 19.8 Å². The Balaban J connectivity index is 1.37. The molecule has 0 bridgehead atoms. The SMILES string of the molecule is CCOCCNC(=O)OC1CC[C@@]2(C)C(=CCC[C@@H]3[C@@H]4CC[C@H]([C@H](C)CCCC(C)C)[C@@]4(C)CC[C@@H]32)C1. The number of hydrogen-bond donors (Lipinski definition) is 1. The van der Waals surface area contributed by atoms with Crippen molar-refractivity contribution >= 4 is 6.09 Å². The van der Waals surface area contributed by atoms with E-state index in [1.165, 1.54) is 57.8 Å². The molecule has 0 saturated heterocycles. The fourth-order valence-electron chi connectivity index (χ4n) is 9.56. The summed E-state index contributed by atoms with van der Waals surface area (Å²) in [7, 11) is 0. The first-order valence-corrected chi connectivity index (χ1v) is 15.9. The van der Waals surface area contributed by atoms with Crippen LogP contribution in [0.2, 0.25) is 0 Å². The van der Waals surface area contributed by atoms with E-state index in [1.54, 1.807) is 5.57 Å². The molecule has 0 spiro atoms. The fraction of sp³-hybridized carbons (Fsp3) is 0.909. The van der Waals surface area contributed by atoms with Crippen LogP contribution in [-0.2, 0) is 9.47 Å². The third-order valence-corrected chi connectivity index (χ3v) is 11.5. The largest absolute Gasteiger partial charge is 0.446 e. The van der Waals surface area contributed by atoms with Crippen molar-refractivity contribution in [1.29, 1.82) is 0 Å². The third kappa shape index (κ3) is 6.25. The standard InChI is InChI=1S/C33H57NO3/c1-7-36-21-20-34-31(35)37-26-16-18-32(5)25(22-26)12-9-13-27-29-15-14-28(24(4)11-8-10-23(2)3)33(29,6)19-17-30(27)32/h12,23-24,26-30H,7-11,13-22H2,1-6H3,(H,34,35)/t24-,26?,27-,28-,29+,30+,32+,33-/m1/s1. The Bertz CT molecular complexity index is 792. The number of alkyl carbamates (subject to hydrolysis) is 1. The molecule has 0 aliphatic heterocycles. The van der Waals surface area contributed by atoms with Gasteiger partial charge in [-0.05, 0) is 105 Å². The van der Waals surface area contributed by atoms with Crippen LogP contribution in [0.25, 0.3) is 0 Å². The van der Waals surface area contributed by atoms with Crippen molar-refractivity contribution in [3.05, 3.63) is 11.6 Å². The van der Waals surface area contributed by atoms with E-state index in [-0.39, 0.29) is 17.6 Å². The molecule has 4 aliphatic rings. The molecule has 4 rings (SSSR count). The summed E-state index contributed by atoms with van der Waals surface area (Å²) in [6.45, 7) is 16.3. The van der Waals surface area contributed by atoms with Gasteiger partial charge < -0.3 is 14.8 Å². The Morgan fingerprint density at radius 1 is 1.05 bits per heavy atom. The van der Waals surface area contributed by atoms with Crippen LogP contribution >= 0.6 is 0 Å². The van der Waals surface area contributed by atoms with Crippen LogP contribution in [0.5, 0.6) is 0 Å². The molecule has 1 amide bonds. The third-order valence-electron chi connectivity index (χ3n) is 11.5. The molecule has 4 aliphatic carbocycles.